The molecule has 3 heteroatoms. The molecule has 0 aromatic heterocycles. The highest BCUT2D eigenvalue weighted by Gasteiger charge is 2.49. The number of nitrogens with one attached hydrogen (secondary N) is 1. The lowest BCUT2D eigenvalue weighted by Gasteiger charge is -2.33. The average molecular weight is 300 g/mol. The van der Waals surface area contributed by atoms with E-state index in [9.17, 15) is 0 Å². The Morgan fingerprint density at radius 1 is 1.19 bits per heavy atom. The largest absolute Gasteiger partial charge is 0.497 e. The van der Waals surface area contributed by atoms with Gasteiger partial charge in [0.05, 0.1) is 13.2 Å². The van der Waals surface area contributed by atoms with Crippen molar-refractivity contribution in [3.63, 3.8) is 0 Å². The molecule has 2 aliphatic rings. The standard InChI is InChI=1S/C18H18ClNO/c1-21-14-5-6-15-16(10-14)18(7-8-18)11-20-17(15)12-3-2-4-13(19)9-12/h2-6,9-10,17,20H,7-8,11H2,1H3. The van der Waals surface area contributed by atoms with Crippen LogP contribution in [0.15, 0.2) is 42.5 Å². The summed E-state index contributed by atoms with van der Waals surface area (Å²) in [5.74, 6) is 0.951. The molecule has 1 unspecified atom stereocenters. The van der Waals surface area contributed by atoms with E-state index < -0.39 is 0 Å². The van der Waals surface area contributed by atoms with E-state index in [4.69, 9.17) is 16.3 Å². The summed E-state index contributed by atoms with van der Waals surface area (Å²) >= 11 is 6.16. The van der Waals surface area contributed by atoms with Crippen LogP contribution in [-0.2, 0) is 5.41 Å². The number of benzene rings is 2. The third-order valence-corrected chi connectivity index (χ3v) is 5.06. The molecule has 1 heterocycles. The molecule has 2 aromatic carbocycles. The first-order valence-corrected chi connectivity index (χ1v) is 7.77. The van der Waals surface area contributed by atoms with E-state index in [1.807, 2.05) is 12.1 Å². The van der Waals surface area contributed by atoms with Gasteiger partial charge in [-0.3, -0.25) is 0 Å². The summed E-state index contributed by atoms with van der Waals surface area (Å²) in [6.07, 6.45) is 2.53. The third-order valence-electron chi connectivity index (χ3n) is 4.82. The van der Waals surface area contributed by atoms with Gasteiger partial charge in [0.2, 0.25) is 0 Å². The number of hydrogen-bond donors (Lipinski definition) is 1. The molecule has 0 amide bonds. The second-order valence-electron chi connectivity index (χ2n) is 6.10. The van der Waals surface area contributed by atoms with Crippen molar-refractivity contribution in [2.75, 3.05) is 13.7 Å². The molecule has 1 aliphatic carbocycles. The maximum Gasteiger partial charge on any atom is 0.119 e. The predicted octanol–water partition coefficient (Wildman–Crippen LogP) is 4.07. The Hall–Kier alpha value is -1.51. The van der Waals surface area contributed by atoms with Crippen LogP contribution < -0.4 is 10.1 Å². The summed E-state index contributed by atoms with van der Waals surface area (Å²) in [5.41, 5.74) is 4.37. The van der Waals surface area contributed by atoms with Gasteiger partial charge in [-0.1, -0.05) is 29.8 Å². The van der Waals surface area contributed by atoms with Crippen LogP contribution in [0.25, 0.3) is 0 Å². The molecule has 2 aromatic rings. The molecule has 1 fully saturated rings. The minimum Gasteiger partial charge on any atom is -0.497 e. The van der Waals surface area contributed by atoms with Gasteiger partial charge in [0.1, 0.15) is 5.75 Å². The molecule has 21 heavy (non-hydrogen) atoms. The Labute approximate surface area is 130 Å². The molecular weight excluding hydrogens is 282 g/mol. The van der Waals surface area contributed by atoms with E-state index in [0.29, 0.717) is 5.41 Å². The molecule has 108 valence electrons. The van der Waals surface area contributed by atoms with Crippen molar-refractivity contribution in [3.05, 3.63) is 64.2 Å². The van der Waals surface area contributed by atoms with Gasteiger partial charge in [-0.25, -0.2) is 0 Å². The third kappa shape index (κ3) is 2.14. The summed E-state index contributed by atoms with van der Waals surface area (Å²) in [6, 6.07) is 14.8. The van der Waals surface area contributed by atoms with Crippen molar-refractivity contribution in [2.24, 2.45) is 0 Å². The Balaban J connectivity index is 1.82. The van der Waals surface area contributed by atoms with Gasteiger partial charge >= 0.3 is 0 Å². The maximum absolute atomic E-state index is 6.16. The van der Waals surface area contributed by atoms with E-state index in [-0.39, 0.29) is 6.04 Å². The highest BCUT2D eigenvalue weighted by atomic mass is 35.5. The molecule has 1 aliphatic heterocycles. The molecule has 0 saturated heterocycles. The Kier molecular flexibility index (Phi) is 2.98. The minimum absolute atomic E-state index is 0.218. The van der Waals surface area contributed by atoms with Crippen molar-refractivity contribution < 1.29 is 4.74 Å². The Morgan fingerprint density at radius 3 is 2.76 bits per heavy atom. The van der Waals surface area contributed by atoms with E-state index >= 15 is 0 Å². The van der Waals surface area contributed by atoms with Gasteiger partial charge in [0, 0.05) is 17.0 Å². The summed E-state index contributed by atoms with van der Waals surface area (Å²) in [4.78, 5) is 0. The normalized spacial score (nSPS) is 21.9. The molecule has 0 bridgehead atoms. The lowest BCUT2D eigenvalue weighted by atomic mass is 9.82. The molecule has 1 saturated carbocycles. The van der Waals surface area contributed by atoms with Gasteiger partial charge in [0.15, 0.2) is 0 Å². The summed E-state index contributed by atoms with van der Waals surface area (Å²) in [5, 5.41) is 4.50. The van der Waals surface area contributed by atoms with Crippen LogP contribution in [-0.4, -0.2) is 13.7 Å². The number of fused-ring (bicyclic) bond motifs is 2. The SMILES string of the molecule is COc1ccc2c(c1)C1(CC1)CNC2c1cccc(Cl)c1. The van der Waals surface area contributed by atoms with Gasteiger partial charge < -0.3 is 10.1 Å². The molecule has 1 atom stereocenters. The van der Waals surface area contributed by atoms with Gasteiger partial charge in [-0.2, -0.15) is 0 Å². The predicted molar refractivity (Wildman–Crippen MR) is 85.2 cm³/mol. The zero-order valence-corrected chi connectivity index (χ0v) is 12.8. The first-order valence-electron chi connectivity index (χ1n) is 7.39. The van der Waals surface area contributed by atoms with E-state index in [2.05, 4.69) is 35.6 Å². The van der Waals surface area contributed by atoms with Crippen molar-refractivity contribution in [1.29, 1.82) is 0 Å². The second kappa shape index (κ2) is 4.75. The van der Waals surface area contributed by atoms with Crippen LogP contribution in [0.1, 0.15) is 35.6 Å². The monoisotopic (exact) mass is 299 g/mol. The Morgan fingerprint density at radius 2 is 2.05 bits per heavy atom. The topological polar surface area (TPSA) is 21.3 Å². The van der Waals surface area contributed by atoms with Gasteiger partial charge in [-0.15, -0.1) is 0 Å². The number of methoxy groups -OCH3 is 1. The van der Waals surface area contributed by atoms with Gasteiger partial charge in [-0.05, 0) is 53.8 Å². The molecule has 1 N–H and O–H groups in total. The van der Waals surface area contributed by atoms with Gasteiger partial charge in [0.25, 0.3) is 0 Å². The van der Waals surface area contributed by atoms with Crippen LogP contribution >= 0.6 is 11.6 Å². The fraction of sp³-hybridized carbons (Fsp3) is 0.333. The minimum atomic E-state index is 0.218. The fourth-order valence-electron chi connectivity index (χ4n) is 3.46. The molecule has 1 spiro atoms. The number of ether oxygens (including phenoxy) is 1. The van der Waals surface area contributed by atoms with Crippen LogP contribution in [0.5, 0.6) is 5.75 Å². The van der Waals surface area contributed by atoms with Crippen LogP contribution in [0, 0.1) is 0 Å². The average Bonchev–Trinajstić information content (AvgIpc) is 3.28. The zero-order chi connectivity index (χ0) is 14.4. The first kappa shape index (κ1) is 13.2. The zero-order valence-electron chi connectivity index (χ0n) is 12.0. The van der Waals surface area contributed by atoms with Crippen molar-refractivity contribution in [2.45, 2.75) is 24.3 Å². The fourth-order valence-corrected chi connectivity index (χ4v) is 3.66. The quantitative estimate of drug-likeness (QED) is 0.902. The van der Waals surface area contributed by atoms with Crippen LogP contribution in [0.3, 0.4) is 0 Å². The van der Waals surface area contributed by atoms with Crippen molar-refractivity contribution in [3.8, 4) is 5.75 Å². The summed E-state index contributed by atoms with van der Waals surface area (Å²) < 4.78 is 5.42. The van der Waals surface area contributed by atoms with E-state index in [0.717, 1.165) is 17.3 Å². The van der Waals surface area contributed by atoms with Crippen LogP contribution in [0.4, 0.5) is 0 Å². The number of halogens is 1. The summed E-state index contributed by atoms with van der Waals surface area (Å²) in [6.45, 7) is 1.03. The van der Waals surface area contributed by atoms with Crippen molar-refractivity contribution in [1.82, 2.24) is 5.32 Å². The van der Waals surface area contributed by atoms with E-state index in [1.54, 1.807) is 7.11 Å². The van der Waals surface area contributed by atoms with Crippen molar-refractivity contribution >= 4 is 11.6 Å². The lowest BCUT2D eigenvalue weighted by Crippen LogP contribution is -2.37. The van der Waals surface area contributed by atoms with E-state index in [1.165, 1.54) is 29.5 Å². The molecule has 2 nitrogen and oxygen atoms in total. The molecular formula is C18H18ClNO. The second-order valence-corrected chi connectivity index (χ2v) is 6.54. The molecule has 4 rings (SSSR count). The number of rotatable bonds is 2. The highest BCUT2D eigenvalue weighted by molar-refractivity contribution is 6.30. The summed E-state index contributed by atoms with van der Waals surface area (Å²) in [7, 11) is 1.73. The van der Waals surface area contributed by atoms with Crippen LogP contribution in [0.2, 0.25) is 5.02 Å². The lowest BCUT2D eigenvalue weighted by molar-refractivity contribution is 0.410. The first-order chi connectivity index (χ1) is 10.2. The maximum atomic E-state index is 6.16. The molecule has 0 radical (unpaired) electrons. The number of hydrogen-bond acceptors (Lipinski definition) is 2. The highest BCUT2D eigenvalue weighted by Crippen LogP contribution is 2.53. The smallest absolute Gasteiger partial charge is 0.119 e. The Bertz CT molecular complexity index is 693.